The molecule has 2 aromatic rings. The molecule has 1 fully saturated rings. The number of ether oxygens (including phenoxy) is 2. The molecular formula is C21H23ClFN4O8P. The fourth-order valence-corrected chi connectivity index (χ4v) is 4.92. The average Bonchev–Trinajstić information content (AvgIpc) is 3.05. The highest BCUT2D eigenvalue weighted by Crippen LogP contribution is 2.48. The number of para-hydroxylation sites is 1. The summed E-state index contributed by atoms with van der Waals surface area (Å²) in [5, 5.41) is 9.84. The number of terminal acetylenes is 1. The van der Waals surface area contributed by atoms with E-state index in [9.17, 15) is 19.3 Å². The lowest BCUT2D eigenvalue weighted by molar-refractivity contribution is -0.143. The van der Waals surface area contributed by atoms with Crippen molar-refractivity contribution >= 4 is 31.1 Å². The number of halogens is 2. The molecule has 1 aliphatic rings. The number of nitrogen functional groups attached to an aromatic ring is 1. The number of anilines is 1. The number of rotatable bonds is 10. The molecule has 36 heavy (non-hydrogen) atoms. The van der Waals surface area contributed by atoms with E-state index < -0.39 is 55.6 Å². The monoisotopic (exact) mass is 544 g/mol. The summed E-state index contributed by atoms with van der Waals surface area (Å²) in [6, 6.07) is 7.83. The first-order valence-corrected chi connectivity index (χ1v) is 12.3. The summed E-state index contributed by atoms with van der Waals surface area (Å²) in [4.78, 5) is 27.7. The number of aromatic nitrogens is 2. The van der Waals surface area contributed by atoms with Gasteiger partial charge in [-0.1, -0.05) is 35.7 Å². The molecular weight excluding hydrogens is 522 g/mol. The van der Waals surface area contributed by atoms with Crippen molar-refractivity contribution in [3.05, 3.63) is 53.1 Å². The van der Waals surface area contributed by atoms with Gasteiger partial charge in [0.1, 0.15) is 29.8 Å². The quantitative estimate of drug-likeness (QED) is 0.171. The van der Waals surface area contributed by atoms with Crippen LogP contribution in [0.15, 0.2) is 47.4 Å². The lowest BCUT2D eigenvalue weighted by atomic mass is 10.1. The van der Waals surface area contributed by atoms with Gasteiger partial charge in [0.15, 0.2) is 12.8 Å². The van der Waals surface area contributed by atoms with Gasteiger partial charge in [0.05, 0.1) is 6.61 Å². The fourth-order valence-electron chi connectivity index (χ4n) is 3.12. The fraction of sp³-hybridized carbons (Fsp3) is 0.381. The van der Waals surface area contributed by atoms with Crippen LogP contribution < -0.4 is 21.0 Å². The van der Waals surface area contributed by atoms with Crippen molar-refractivity contribution < 1.29 is 37.4 Å². The second-order valence-corrected chi connectivity index (χ2v) is 9.82. The number of nitrogens with one attached hydrogen (secondary N) is 1. The van der Waals surface area contributed by atoms with Crippen LogP contribution in [0, 0.1) is 12.3 Å². The zero-order valence-electron chi connectivity index (χ0n) is 18.8. The first-order valence-electron chi connectivity index (χ1n) is 10.4. The summed E-state index contributed by atoms with van der Waals surface area (Å²) in [6.07, 6.45) is 0.800. The lowest BCUT2D eigenvalue weighted by Gasteiger charge is -2.24. The van der Waals surface area contributed by atoms with Crippen molar-refractivity contribution in [3.8, 4) is 18.1 Å². The van der Waals surface area contributed by atoms with E-state index in [-0.39, 0.29) is 18.2 Å². The number of carbonyl (C=O) groups excluding carboxylic acids is 1. The van der Waals surface area contributed by atoms with Crippen molar-refractivity contribution in [2.24, 2.45) is 0 Å². The number of aliphatic hydroxyl groups excluding tert-OH is 1. The largest absolute Gasteiger partial charge is 0.459 e. The minimum atomic E-state index is -4.37. The first-order chi connectivity index (χ1) is 17.0. The highest BCUT2D eigenvalue weighted by Gasteiger charge is 2.58. The molecule has 3 rings (SSSR count). The van der Waals surface area contributed by atoms with Crippen LogP contribution >= 0.6 is 19.3 Å². The number of esters is 1. The molecule has 1 aromatic heterocycles. The normalized spacial score (nSPS) is 25.9. The predicted molar refractivity (Wildman–Crippen MR) is 126 cm³/mol. The second kappa shape index (κ2) is 11.4. The number of benzene rings is 1. The van der Waals surface area contributed by atoms with Gasteiger partial charge in [-0.05, 0) is 25.1 Å². The van der Waals surface area contributed by atoms with E-state index in [1.165, 1.54) is 25.1 Å². The highest BCUT2D eigenvalue weighted by molar-refractivity contribution is 7.52. The number of aliphatic hydroxyl groups is 1. The van der Waals surface area contributed by atoms with Crippen LogP contribution in [0.4, 0.5) is 10.2 Å². The van der Waals surface area contributed by atoms with Crippen LogP contribution in [-0.2, 0) is 23.4 Å². The summed E-state index contributed by atoms with van der Waals surface area (Å²) >= 11 is 5.87. The van der Waals surface area contributed by atoms with Gasteiger partial charge < -0.3 is 24.8 Å². The number of nitrogens with zero attached hydrogens (tertiary/aromatic N) is 2. The third-order valence-corrected chi connectivity index (χ3v) is 6.92. The molecule has 0 unspecified atom stereocenters. The topological polar surface area (TPSA) is 164 Å². The van der Waals surface area contributed by atoms with Gasteiger partial charge in [0, 0.05) is 6.20 Å². The molecule has 15 heteroatoms. The smallest absolute Gasteiger partial charge is 0.451 e. The molecule has 0 radical (unpaired) electrons. The number of nitrogens with two attached hydrogens (primary N) is 1. The van der Waals surface area contributed by atoms with E-state index in [4.69, 9.17) is 42.3 Å². The zero-order chi connectivity index (χ0) is 26.5. The third-order valence-electron chi connectivity index (χ3n) is 4.86. The maximum Gasteiger partial charge on any atom is 0.459 e. The molecule has 1 saturated heterocycles. The molecule has 6 atom stereocenters. The Morgan fingerprint density at radius 1 is 1.47 bits per heavy atom. The summed E-state index contributed by atoms with van der Waals surface area (Å²) in [5.74, 6) is 1.28. The van der Waals surface area contributed by atoms with Crippen LogP contribution in [0.1, 0.15) is 13.2 Å². The molecule has 0 amide bonds. The Balaban J connectivity index is 1.79. The van der Waals surface area contributed by atoms with Crippen molar-refractivity contribution in [3.63, 3.8) is 0 Å². The molecule has 12 nitrogen and oxygen atoms in total. The Labute approximate surface area is 210 Å². The molecule has 4 N–H and O–H groups in total. The van der Waals surface area contributed by atoms with Crippen LogP contribution in [0.5, 0.6) is 5.75 Å². The van der Waals surface area contributed by atoms with Crippen LogP contribution in [0.25, 0.3) is 0 Å². The molecule has 0 bridgehead atoms. The molecule has 1 aliphatic heterocycles. The second-order valence-electron chi connectivity index (χ2n) is 7.55. The van der Waals surface area contributed by atoms with E-state index >= 15 is 4.39 Å². The van der Waals surface area contributed by atoms with Gasteiger partial charge in [0.25, 0.3) is 5.13 Å². The summed E-state index contributed by atoms with van der Waals surface area (Å²) < 4.78 is 50.5. The highest BCUT2D eigenvalue weighted by atomic mass is 35.5. The van der Waals surface area contributed by atoms with E-state index in [0.717, 1.165) is 6.20 Å². The lowest BCUT2D eigenvalue weighted by Crippen LogP contribution is -2.41. The Bertz CT molecular complexity index is 1220. The first kappa shape index (κ1) is 27.6. The zero-order valence-corrected chi connectivity index (χ0v) is 20.5. The predicted octanol–water partition coefficient (Wildman–Crippen LogP) is 1.35. The van der Waals surface area contributed by atoms with Crippen molar-refractivity contribution in [2.45, 2.75) is 36.5 Å². The van der Waals surface area contributed by atoms with Gasteiger partial charge in [-0.25, -0.2) is 13.8 Å². The van der Waals surface area contributed by atoms with Crippen molar-refractivity contribution in [1.82, 2.24) is 14.6 Å². The molecule has 194 valence electrons. The Hall–Kier alpha value is -2.98. The standard InChI is InChI=1S/C21H23ClFN4O8P/c1-3-11-32-18(29)13(2)26-36(31,35-14-7-5-4-6-8-14)33-12-15-17(28)21(22,23)19(34-15)27-10-9-16(24)25-20(27)30/h1,4-10,13,15,17,19,28H,11-12H2,2H3,(H,26,31)(H2,24,25,30)/t13-,15+,17+,19+,21+,36-/m0/s1. The molecule has 0 saturated carbocycles. The molecule has 2 heterocycles. The Kier molecular flexibility index (Phi) is 8.73. The van der Waals surface area contributed by atoms with E-state index in [0.29, 0.717) is 4.57 Å². The average molecular weight is 545 g/mol. The minimum Gasteiger partial charge on any atom is -0.451 e. The third kappa shape index (κ3) is 6.41. The maximum absolute atomic E-state index is 15.2. The van der Waals surface area contributed by atoms with E-state index in [2.05, 4.69) is 16.0 Å². The van der Waals surface area contributed by atoms with Gasteiger partial charge in [-0.3, -0.25) is 13.9 Å². The molecule has 0 spiro atoms. The van der Waals surface area contributed by atoms with Gasteiger partial charge in [-0.2, -0.15) is 10.1 Å². The van der Waals surface area contributed by atoms with Gasteiger partial charge in [0.2, 0.25) is 0 Å². The summed E-state index contributed by atoms with van der Waals surface area (Å²) in [7, 11) is -4.37. The number of hydrogen-bond acceptors (Lipinski definition) is 10. The van der Waals surface area contributed by atoms with Crippen molar-refractivity contribution in [2.75, 3.05) is 18.9 Å². The van der Waals surface area contributed by atoms with E-state index in [1.807, 2.05) is 0 Å². The van der Waals surface area contributed by atoms with Crippen molar-refractivity contribution in [1.29, 1.82) is 0 Å². The number of alkyl halides is 2. The number of carbonyl (C=O) groups is 1. The van der Waals surface area contributed by atoms with E-state index in [1.54, 1.807) is 18.2 Å². The minimum absolute atomic E-state index is 0.111. The Morgan fingerprint density at radius 3 is 2.81 bits per heavy atom. The van der Waals surface area contributed by atoms with Gasteiger partial charge >= 0.3 is 19.4 Å². The van der Waals surface area contributed by atoms with Crippen LogP contribution in [0.3, 0.4) is 0 Å². The summed E-state index contributed by atoms with van der Waals surface area (Å²) in [6.45, 7) is 0.287. The molecule has 1 aromatic carbocycles. The van der Waals surface area contributed by atoms with Crippen LogP contribution in [0.2, 0.25) is 0 Å². The Morgan fingerprint density at radius 2 is 2.17 bits per heavy atom. The maximum atomic E-state index is 15.2. The number of hydrogen-bond donors (Lipinski definition) is 3. The summed E-state index contributed by atoms with van der Waals surface area (Å²) in [5.41, 5.74) is 4.46. The van der Waals surface area contributed by atoms with Crippen LogP contribution in [-0.4, -0.2) is 57.2 Å². The SMILES string of the molecule is C#CCOC(=O)[C@H](C)N[P@](=O)(OC[C@H]1O[C@@H](n2ccc(N)nc2=O)[C@@](F)(Cl)[C@@H]1O)Oc1ccccc1. The van der Waals surface area contributed by atoms with Gasteiger partial charge in [-0.15, -0.1) is 6.42 Å². The molecule has 0 aliphatic carbocycles.